The van der Waals surface area contributed by atoms with Gasteiger partial charge in [0.05, 0.1) is 19.8 Å². The lowest BCUT2D eigenvalue weighted by molar-refractivity contribution is -0.138. The Morgan fingerprint density at radius 3 is 2.50 bits per heavy atom. The third-order valence-corrected chi connectivity index (χ3v) is 5.02. The topological polar surface area (TPSA) is 73.9 Å². The highest BCUT2D eigenvalue weighted by Gasteiger charge is 2.29. The number of morpholine rings is 1. The van der Waals surface area contributed by atoms with Crippen molar-refractivity contribution in [1.29, 1.82) is 0 Å². The van der Waals surface area contributed by atoms with Crippen LogP contribution in [0.1, 0.15) is 11.1 Å². The van der Waals surface area contributed by atoms with Gasteiger partial charge >= 0.3 is 0 Å². The van der Waals surface area contributed by atoms with E-state index in [0.29, 0.717) is 45.9 Å². The number of hydrogen-bond acceptors (Lipinski definition) is 5. The monoisotopic (exact) mass is 360 g/mol. The smallest absolute Gasteiger partial charge is 0.242 e. The first-order chi connectivity index (χ1) is 12.5. The van der Waals surface area contributed by atoms with Crippen LogP contribution in [0.3, 0.4) is 0 Å². The van der Waals surface area contributed by atoms with Gasteiger partial charge in [0.1, 0.15) is 6.04 Å². The first kappa shape index (κ1) is 18.8. The van der Waals surface area contributed by atoms with Crippen LogP contribution in [0.15, 0.2) is 18.2 Å². The zero-order valence-electron chi connectivity index (χ0n) is 15.6. The number of hydrogen-bond donors (Lipinski definition) is 2. The predicted molar refractivity (Wildman–Crippen MR) is 100 cm³/mol. The van der Waals surface area contributed by atoms with Crippen LogP contribution in [0.5, 0.6) is 0 Å². The maximum absolute atomic E-state index is 12.5. The second-order valence-corrected chi connectivity index (χ2v) is 7.00. The van der Waals surface area contributed by atoms with Crippen molar-refractivity contribution in [1.82, 2.24) is 15.1 Å². The molecule has 2 heterocycles. The lowest BCUT2D eigenvalue weighted by Gasteiger charge is -2.37. The molecule has 1 aromatic carbocycles. The number of carbonyl (C=O) groups excluding carboxylic acids is 2. The number of nitrogens with zero attached hydrogens (tertiary/aromatic N) is 2. The Labute approximate surface area is 154 Å². The summed E-state index contributed by atoms with van der Waals surface area (Å²) in [5.74, 6) is 0.0915. The van der Waals surface area contributed by atoms with E-state index in [1.807, 2.05) is 36.9 Å². The fraction of sp³-hybridized carbons (Fsp3) is 0.579. The summed E-state index contributed by atoms with van der Waals surface area (Å²) in [7, 11) is 0. The maximum atomic E-state index is 12.5. The Morgan fingerprint density at radius 2 is 1.88 bits per heavy atom. The minimum Gasteiger partial charge on any atom is -0.378 e. The highest BCUT2D eigenvalue weighted by atomic mass is 16.5. The Hall–Kier alpha value is -1.96. The predicted octanol–water partition coefficient (Wildman–Crippen LogP) is 0.375. The summed E-state index contributed by atoms with van der Waals surface area (Å²) >= 11 is 0. The summed E-state index contributed by atoms with van der Waals surface area (Å²) in [4.78, 5) is 28.8. The lowest BCUT2D eigenvalue weighted by atomic mass is 10.1. The van der Waals surface area contributed by atoms with Gasteiger partial charge < -0.3 is 20.3 Å². The Morgan fingerprint density at radius 1 is 1.19 bits per heavy atom. The zero-order chi connectivity index (χ0) is 18.5. The molecule has 142 valence electrons. The van der Waals surface area contributed by atoms with Gasteiger partial charge in [-0.3, -0.25) is 14.5 Å². The minimum atomic E-state index is -0.234. The van der Waals surface area contributed by atoms with Crippen molar-refractivity contribution in [2.24, 2.45) is 0 Å². The van der Waals surface area contributed by atoms with Crippen molar-refractivity contribution >= 4 is 17.5 Å². The van der Waals surface area contributed by atoms with Crippen LogP contribution >= 0.6 is 0 Å². The molecule has 0 aromatic heterocycles. The van der Waals surface area contributed by atoms with Gasteiger partial charge in [-0.05, 0) is 25.0 Å². The van der Waals surface area contributed by atoms with Crippen LogP contribution in [0.4, 0.5) is 5.69 Å². The van der Waals surface area contributed by atoms with Crippen molar-refractivity contribution in [3.8, 4) is 0 Å². The molecule has 0 saturated carbocycles. The molecule has 1 unspecified atom stereocenters. The van der Waals surface area contributed by atoms with Crippen molar-refractivity contribution in [2.45, 2.75) is 19.9 Å². The van der Waals surface area contributed by atoms with Crippen LogP contribution in [0.25, 0.3) is 0 Å². The molecule has 7 nitrogen and oxygen atoms in total. The second kappa shape index (κ2) is 8.62. The maximum Gasteiger partial charge on any atom is 0.242 e. The van der Waals surface area contributed by atoms with Crippen LogP contribution in [0, 0.1) is 13.8 Å². The van der Waals surface area contributed by atoms with Gasteiger partial charge in [-0.1, -0.05) is 18.2 Å². The quantitative estimate of drug-likeness (QED) is 0.812. The van der Waals surface area contributed by atoms with Crippen molar-refractivity contribution in [2.75, 3.05) is 57.8 Å². The van der Waals surface area contributed by atoms with E-state index in [1.165, 1.54) is 0 Å². The highest BCUT2D eigenvalue weighted by molar-refractivity contribution is 5.93. The van der Waals surface area contributed by atoms with E-state index >= 15 is 0 Å². The number of amides is 2. The van der Waals surface area contributed by atoms with Crippen molar-refractivity contribution < 1.29 is 14.3 Å². The molecule has 2 amide bonds. The minimum absolute atomic E-state index is 0.00970. The van der Waals surface area contributed by atoms with Gasteiger partial charge in [-0.15, -0.1) is 0 Å². The van der Waals surface area contributed by atoms with E-state index in [1.54, 1.807) is 0 Å². The fourth-order valence-corrected chi connectivity index (χ4v) is 3.46. The number of anilines is 1. The number of rotatable bonds is 4. The van der Waals surface area contributed by atoms with E-state index in [-0.39, 0.29) is 17.9 Å². The molecule has 3 rings (SSSR count). The highest BCUT2D eigenvalue weighted by Crippen LogP contribution is 2.19. The molecule has 1 atom stereocenters. The number of carbonyl (C=O) groups is 2. The summed E-state index contributed by atoms with van der Waals surface area (Å²) in [6, 6.07) is 5.75. The largest absolute Gasteiger partial charge is 0.378 e. The number of para-hydroxylation sites is 1. The molecule has 2 N–H and O–H groups in total. The van der Waals surface area contributed by atoms with E-state index < -0.39 is 0 Å². The third-order valence-electron chi connectivity index (χ3n) is 5.02. The van der Waals surface area contributed by atoms with Gasteiger partial charge in [0.25, 0.3) is 0 Å². The van der Waals surface area contributed by atoms with Gasteiger partial charge in [-0.2, -0.15) is 0 Å². The van der Waals surface area contributed by atoms with Crippen molar-refractivity contribution in [3.63, 3.8) is 0 Å². The van der Waals surface area contributed by atoms with Crippen LogP contribution < -0.4 is 10.6 Å². The van der Waals surface area contributed by atoms with Gasteiger partial charge in [0, 0.05) is 38.4 Å². The summed E-state index contributed by atoms with van der Waals surface area (Å²) in [6.45, 7) is 8.87. The van der Waals surface area contributed by atoms with Gasteiger partial charge in [0.2, 0.25) is 11.8 Å². The molecular formula is C19H28N4O3. The molecule has 7 heteroatoms. The second-order valence-electron chi connectivity index (χ2n) is 7.00. The fourth-order valence-electron chi connectivity index (χ4n) is 3.46. The number of ether oxygens (including phenoxy) is 1. The van der Waals surface area contributed by atoms with Gasteiger partial charge in [-0.25, -0.2) is 0 Å². The number of piperazine rings is 1. The standard InChI is InChI=1S/C19H28N4O3/c1-14-4-3-5-15(2)18(14)21-17(24)12-22-7-9-23(10-8-22)19(25)16-13-26-11-6-20-16/h3-5,16,20H,6-13H2,1-2H3,(H,21,24). The molecule has 2 fully saturated rings. The Kier molecular flexibility index (Phi) is 6.24. The first-order valence-corrected chi connectivity index (χ1v) is 9.23. The Balaban J connectivity index is 1.46. The van der Waals surface area contributed by atoms with E-state index in [9.17, 15) is 9.59 Å². The SMILES string of the molecule is Cc1cccc(C)c1NC(=O)CN1CCN(C(=O)C2COCCN2)CC1. The summed E-state index contributed by atoms with van der Waals surface area (Å²) in [5.41, 5.74) is 3.03. The van der Waals surface area contributed by atoms with E-state index in [4.69, 9.17) is 4.74 Å². The third kappa shape index (κ3) is 4.60. The van der Waals surface area contributed by atoms with E-state index in [0.717, 1.165) is 23.4 Å². The summed E-state index contributed by atoms with van der Waals surface area (Å²) in [6.07, 6.45) is 0. The molecule has 1 aromatic rings. The normalized spacial score (nSPS) is 21.5. The molecule has 0 aliphatic carbocycles. The number of nitrogens with one attached hydrogen (secondary N) is 2. The van der Waals surface area contributed by atoms with Crippen molar-refractivity contribution in [3.05, 3.63) is 29.3 Å². The van der Waals surface area contributed by atoms with Crippen LogP contribution in [-0.4, -0.2) is 80.1 Å². The van der Waals surface area contributed by atoms with Gasteiger partial charge in [0.15, 0.2) is 0 Å². The zero-order valence-corrected chi connectivity index (χ0v) is 15.6. The summed E-state index contributed by atoms with van der Waals surface area (Å²) in [5, 5.41) is 6.23. The average molecular weight is 360 g/mol. The molecule has 2 aliphatic heterocycles. The van der Waals surface area contributed by atoms with Crippen LogP contribution in [0.2, 0.25) is 0 Å². The summed E-state index contributed by atoms with van der Waals surface area (Å²) < 4.78 is 5.37. The molecule has 26 heavy (non-hydrogen) atoms. The molecule has 2 saturated heterocycles. The first-order valence-electron chi connectivity index (χ1n) is 9.23. The van der Waals surface area contributed by atoms with E-state index in [2.05, 4.69) is 15.5 Å². The number of benzene rings is 1. The lowest BCUT2D eigenvalue weighted by Crippen LogP contribution is -2.57. The molecular weight excluding hydrogens is 332 g/mol. The molecule has 0 radical (unpaired) electrons. The number of aryl methyl sites for hydroxylation is 2. The average Bonchev–Trinajstić information content (AvgIpc) is 2.66. The molecule has 2 aliphatic rings. The molecule has 0 bridgehead atoms. The molecule has 0 spiro atoms. The van der Waals surface area contributed by atoms with Crippen LogP contribution in [-0.2, 0) is 14.3 Å². The Bertz CT molecular complexity index is 630.